The molecule has 1 aromatic rings. The molecule has 122 valence electrons. The monoisotopic (exact) mass is 305 g/mol. The van der Waals surface area contributed by atoms with Gasteiger partial charge in [0.15, 0.2) is 5.96 Å². The number of nitrogens with zero attached hydrogens (tertiary/aromatic N) is 1. The van der Waals surface area contributed by atoms with E-state index in [0.717, 1.165) is 44.2 Å². The summed E-state index contributed by atoms with van der Waals surface area (Å²) in [6, 6.07) is 9.84. The van der Waals surface area contributed by atoms with Crippen molar-refractivity contribution in [2.24, 2.45) is 4.99 Å². The molecule has 0 saturated carbocycles. The van der Waals surface area contributed by atoms with Gasteiger partial charge in [-0.1, -0.05) is 18.2 Å². The zero-order valence-corrected chi connectivity index (χ0v) is 13.5. The number of para-hydroxylation sites is 1. The second-order valence-electron chi connectivity index (χ2n) is 5.48. The quantitative estimate of drug-likeness (QED) is 0.599. The second-order valence-corrected chi connectivity index (χ2v) is 5.48. The first kappa shape index (κ1) is 16.6. The molecule has 1 aliphatic rings. The van der Waals surface area contributed by atoms with Crippen molar-refractivity contribution in [1.29, 1.82) is 0 Å². The van der Waals surface area contributed by atoms with Gasteiger partial charge in [-0.3, -0.25) is 0 Å². The Labute approximate surface area is 133 Å². The van der Waals surface area contributed by atoms with Gasteiger partial charge in [-0.05, 0) is 38.8 Å². The van der Waals surface area contributed by atoms with Gasteiger partial charge in [0.25, 0.3) is 0 Å². The van der Waals surface area contributed by atoms with Crippen molar-refractivity contribution in [1.82, 2.24) is 10.6 Å². The number of nitrogens with one attached hydrogen (secondary N) is 2. The van der Waals surface area contributed by atoms with Gasteiger partial charge in [0.05, 0.1) is 12.6 Å². The summed E-state index contributed by atoms with van der Waals surface area (Å²) >= 11 is 0. The summed E-state index contributed by atoms with van der Waals surface area (Å²) in [6.45, 7) is 7.22. The van der Waals surface area contributed by atoms with Gasteiger partial charge in [-0.2, -0.15) is 0 Å². The smallest absolute Gasteiger partial charge is 0.191 e. The van der Waals surface area contributed by atoms with Crippen LogP contribution in [0.1, 0.15) is 26.7 Å². The number of ether oxygens (including phenoxy) is 2. The predicted octanol–water partition coefficient (Wildman–Crippen LogP) is 2.19. The van der Waals surface area contributed by atoms with Crippen LogP contribution in [0, 0.1) is 0 Å². The maximum atomic E-state index is 5.83. The van der Waals surface area contributed by atoms with Crippen molar-refractivity contribution in [3.05, 3.63) is 30.3 Å². The van der Waals surface area contributed by atoms with Crippen LogP contribution in [0.4, 0.5) is 0 Å². The van der Waals surface area contributed by atoms with Gasteiger partial charge in [-0.15, -0.1) is 0 Å². The fourth-order valence-corrected chi connectivity index (χ4v) is 2.35. The summed E-state index contributed by atoms with van der Waals surface area (Å²) in [5.41, 5.74) is 0. The summed E-state index contributed by atoms with van der Waals surface area (Å²) in [6.07, 6.45) is 2.62. The Morgan fingerprint density at radius 3 is 2.86 bits per heavy atom. The molecule has 1 heterocycles. The lowest BCUT2D eigenvalue weighted by atomic mass is 10.2. The van der Waals surface area contributed by atoms with Crippen LogP contribution in [0.15, 0.2) is 35.3 Å². The highest BCUT2D eigenvalue weighted by Gasteiger charge is 2.15. The summed E-state index contributed by atoms with van der Waals surface area (Å²) in [7, 11) is 0. The zero-order valence-electron chi connectivity index (χ0n) is 13.5. The molecular formula is C17H27N3O2. The maximum absolute atomic E-state index is 5.83. The molecular weight excluding hydrogens is 278 g/mol. The minimum absolute atomic E-state index is 0.0283. The number of hydrogen-bond donors (Lipinski definition) is 2. The Hall–Kier alpha value is -1.75. The normalized spacial score (nSPS) is 19.7. The van der Waals surface area contributed by atoms with Crippen molar-refractivity contribution in [3.8, 4) is 5.75 Å². The van der Waals surface area contributed by atoms with Crippen molar-refractivity contribution < 1.29 is 9.47 Å². The SMILES string of the molecule is CCNC(=NCC(C)Oc1ccccc1)NCC1CCCO1. The fraction of sp³-hybridized carbons (Fsp3) is 0.588. The van der Waals surface area contributed by atoms with Crippen LogP contribution in [-0.2, 0) is 4.74 Å². The number of hydrogen-bond acceptors (Lipinski definition) is 3. The van der Waals surface area contributed by atoms with Gasteiger partial charge in [0.1, 0.15) is 11.9 Å². The van der Waals surface area contributed by atoms with Crippen LogP contribution < -0.4 is 15.4 Å². The van der Waals surface area contributed by atoms with E-state index in [2.05, 4.69) is 22.5 Å². The van der Waals surface area contributed by atoms with Gasteiger partial charge < -0.3 is 20.1 Å². The summed E-state index contributed by atoms with van der Waals surface area (Å²) in [5.74, 6) is 1.70. The van der Waals surface area contributed by atoms with Crippen LogP contribution >= 0.6 is 0 Å². The molecule has 2 N–H and O–H groups in total. The van der Waals surface area contributed by atoms with E-state index in [1.165, 1.54) is 0 Å². The van der Waals surface area contributed by atoms with E-state index >= 15 is 0 Å². The van der Waals surface area contributed by atoms with E-state index in [0.29, 0.717) is 12.6 Å². The van der Waals surface area contributed by atoms with Crippen molar-refractivity contribution in [2.45, 2.75) is 38.9 Å². The van der Waals surface area contributed by atoms with Gasteiger partial charge in [-0.25, -0.2) is 4.99 Å². The molecule has 0 aliphatic carbocycles. The third-order valence-electron chi connectivity index (χ3n) is 3.45. The molecule has 1 aliphatic heterocycles. The first-order valence-electron chi connectivity index (χ1n) is 8.13. The predicted molar refractivity (Wildman–Crippen MR) is 89.5 cm³/mol. The molecule has 1 saturated heterocycles. The van der Waals surface area contributed by atoms with Crippen LogP contribution in [-0.4, -0.2) is 44.4 Å². The number of guanidine groups is 1. The lowest BCUT2D eigenvalue weighted by Crippen LogP contribution is -2.41. The van der Waals surface area contributed by atoms with Gasteiger partial charge in [0, 0.05) is 19.7 Å². The molecule has 0 bridgehead atoms. The maximum Gasteiger partial charge on any atom is 0.191 e. The van der Waals surface area contributed by atoms with Crippen LogP contribution in [0.5, 0.6) is 5.75 Å². The second kappa shape index (κ2) is 9.30. The summed E-state index contributed by atoms with van der Waals surface area (Å²) in [4.78, 5) is 4.58. The molecule has 2 unspecified atom stereocenters. The zero-order chi connectivity index (χ0) is 15.6. The summed E-state index contributed by atoms with van der Waals surface area (Å²) in [5, 5.41) is 6.59. The Balaban J connectivity index is 1.77. The molecule has 1 fully saturated rings. The third kappa shape index (κ3) is 5.93. The largest absolute Gasteiger partial charge is 0.489 e. The highest BCUT2D eigenvalue weighted by Crippen LogP contribution is 2.11. The molecule has 0 radical (unpaired) electrons. The van der Waals surface area contributed by atoms with Gasteiger partial charge in [0.2, 0.25) is 0 Å². The van der Waals surface area contributed by atoms with Crippen molar-refractivity contribution in [2.75, 3.05) is 26.2 Å². The molecule has 2 atom stereocenters. The van der Waals surface area contributed by atoms with E-state index in [4.69, 9.17) is 9.47 Å². The Morgan fingerprint density at radius 1 is 1.36 bits per heavy atom. The van der Waals surface area contributed by atoms with E-state index in [1.807, 2.05) is 37.3 Å². The molecule has 0 amide bonds. The lowest BCUT2D eigenvalue weighted by molar-refractivity contribution is 0.113. The minimum atomic E-state index is 0.0283. The van der Waals surface area contributed by atoms with E-state index < -0.39 is 0 Å². The van der Waals surface area contributed by atoms with Crippen molar-refractivity contribution in [3.63, 3.8) is 0 Å². The molecule has 5 nitrogen and oxygen atoms in total. The Kier molecular flexibility index (Phi) is 7.03. The average Bonchev–Trinajstić information content (AvgIpc) is 3.04. The van der Waals surface area contributed by atoms with E-state index in [9.17, 15) is 0 Å². The van der Waals surface area contributed by atoms with Crippen LogP contribution in [0.25, 0.3) is 0 Å². The lowest BCUT2D eigenvalue weighted by Gasteiger charge is -2.16. The number of rotatable bonds is 7. The topological polar surface area (TPSA) is 54.9 Å². The molecule has 2 rings (SSSR count). The standard InChI is InChI=1S/C17H27N3O2/c1-3-18-17(20-13-16-10-7-11-21-16)19-12-14(2)22-15-8-5-4-6-9-15/h4-6,8-9,14,16H,3,7,10-13H2,1-2H3,(H2,18,19,20). The van der Waals surface area contributed by atoms with E-state index in [1.54, 1.807) is 0 Å². The highest BCUT2D eigenvalue weighted by molar-refractivity contribution is 5.79. The van der Waals surface area contributed by atoms with Gasteiger partial charge >= 0.3 is 0 Å². The Morgan fingerprint density at radius 2 is 2.18 bits per heavy atom. The highest BCUT2D eigenvalue weighted by atomic mass is 16.5. The first-order valence-corrected chi connectivity index (χ1v) is 8.13. The molecule has 0 aromatic heterocycles. The van der Waals surface area contributed by atoms with Crippen molar-refractivity contribution >= 4 is 5.96 Å². The number of benzene rings is 1. The Bertz CT molecular complexity index is 444. The fourth-order valence-electron chi connectivity index (χ4n) is 2.35. The first-order chi connectivity index (χ1) is 10.8. The third-order valence-corrected chi connectivity index (χ3v) is 3.45. The molecule has 1 aromatic carbocycles. The molecule has 5 heteroatoms. The minimum Gasteiger partial charge on any atom is -0.489 e. The van der Waals surface area contributed by atoms with Crippen LogP contribution in [0.3, 0.4) is 0 Å². The average molecular weight is 305 g/mol. The number of aliphatic imine (C=N–C) groups is 1. The molecule has 0 spiro atoms. The summed E-state index contributed by atoms with van der Waals surface area (Å²) < 4.78 is 11.4. The van der Waals surface area contributed by atoms with Crippen LogP contribution in [0.2, 0.25) is 0 Å². The molecule has 22 heavy (non-hydrogen) atoms. The van der Waals surface area contributed by atoms with E-state index in [-0.39, 0.29) is 6.10 Å².